The van der Waals surface area contributed by atoms with Crippen molar-refractivity contribution in [2.75, 3.05) is 6.54 Å². The first-order valence-electron chi connectivity index (χ1n) is 12.8. The van der Waals surface area contributed by atoms with E-state index in [1.807, 2.05) is 0 Å². The van der Waals surface area contributed by atoms with Gasteiger partial charge in [0.25, 0.3) is 5.91 Å². The molecule has 224 valence electrons. The molecule has 7 nitrogen and oxygen atoms in total. The van der Waals surface area contributed by atoms with Gasteiger partial charge in [-0.3, -0.25) is 19.2 Å². The molecular weight excluding hydrogens is 573 g/mol. The molecule has 0 aliphatic rings. The van der Waals surface area contributed by atoms with E-state index in [1.54, 1.807) is 54.6 Å². The molecule has 0 aromatic heterocycles. The van der Waals surface area contributed by atoms with Crippen LogP contribution in [0.25, 0.3) is 0 Å². The van der Waals surface area contributed by atoms with E-state index in [2.05, 4.69) is 10.6 Å². The first kappa shape index (κ1) is 33.7. The maximum absolute atomic E-state index is 14.7. The summed E-state index contributed by atoms with van der Waals surface area (Å²) in [7, 11) is 0. The Morgan fingerprint density at radius 1 is 0.878 bits per heavy atom. The minimum absolute atomic E-state index is 0.0262. The summed E-state index contributed by atoms with van der Waals surface area (Å²) < 4.78 is 66.3. The molecule has 2 atom stereocenters. The van der Waals surface area contributed by atoms with Gasteiger partial charge in [-0.1, -0.05) is 67.9 Å². The Morgan fingerprint density at radius 3 is 2.10 bits per heavy atom. The van der Waals surface area contributed by atoms with Gasteiger partial charge in [-0.2, -0.15) is 22.0 Å². The van der Waals surface area contributed by atoms with Gasteiger partial charge < -0.3 is 16.0 Å². The van der Waals surface area contributed by atoms with Crippen LogP contribution < -0.4 is 16.0 Å². The molecule has 2 aromatic carbocycles. The van der Waals surface area contributed by atoms with E-state index < -0.39 is 66.6 Å². The molecule has 41 heavy (non-hydrogen) atoms. The number of aryl methyl sites for hydroxylation is 1. The lowest BCUT2D eigenvalue weighted by Gasteiger charge is -2.27. The Bertz CT molecular complexity index is 1210. The summed E-state index contributed by atoms with van der Waals surface area (Å²) in [4.78, 5) is 50.6. The van der Waals surface area contributed by atoms with Crippen LogP contribution in [0.2, 0.25) is 5.02 Å². The van der Waals surface area contributed by atoms with Gasteiger partial charge in [0, 0.05) is 24.4 Å². The minimum Gasteiger partial charge on any atom is -0.350 e. The van der Waals surface area contributed by atoms with Crippen molar-refractivity contribution in [3.8, 4) is 0 Å². The van der Waals surface area contributed by atoms with Crippen LogP contribution >= 0.6 is 11.6 Å². The third-order valence-corrected chi connectivity index (χ3v) is 6.23. The van der Waals surface area contributed by atoms with E-state index in [0.29, 0.717) is 17.0 Å². The number of nitrogens with one attached hydrogen (secondary N) is 3. The molecule has 3 amide bonds. The highest BCUT2D eigenvalue weighted by Gasteiger charge is 2.51. The minimum atomic E-state index is -4.72. The highest BCUT2D eigenvalue weighted by Crippen LogP contribution is 2.22. The fraction of sp³-hybridized carbons (Fsp3) is 0.429. The first-order valence-corrected chi connectivity index (χ1v) is 13.1. The van der Waals surface area contributed by atoms with E-state index in [0.717, 1.165) is 5.56 Å². The summed E-state index contributed by atoms with van der Waals surface area (Å²) >= 11 is 5.97. The maximum Gasteiger partial charge on any atom is 0.390 e. The number of halogens is 6. The maximum atomic E-state index is 14.7. The lowest BCUT2D eigenvalue weighted by Crippen LogP contribution is -2.59. The largest absolute Gasteiger partial charge is 0.390 e. The Kier molecular flexibility index (Phi) is 12.2. The molecule has 3 N–H and O–H groups in total. The van der Waals surface area contributed by atoms with Crippen LogP contribution in [-0.4, -0.2) is 54.2 Å². The molecule has 2 rings (SSSR count). The lowest BCUT2D eigenvalue weighted by molar-refractivity contribution is -0.162. The number of amides is 3. The average Bonchev–Trinajstić information content (AvgIpc) is 2.89. The molecule has 0 bridgehead atoms. The Morgan fingerprint density at radius 2 is 1.51 bits per heavy atom. The number of carbonyl (C=O) groups is 4. The smallest absolute Gasteiger partial charge is 0.350 e. The predicted molar refractivity (Wildman–Crippen MR) is 142 cm³/mol. The van der Waals surface area contributed by atoms with E-state index >= 15 is 0 Å². The number of Topliss-reactive ketones (excluding diaryl/α,β-unsaturated/α-hetero) is 1. The number of ketones is 1. The molecule has 2 aromatic rings. The topological polar surface area (TPSA) is 104 Å². The zero-order valence-corrected chi connectivity index (χ0v) is 23.1. The van der Waals surface area contributed by atoms with E-state index in [9.17, 15) is 41.1 Å². The van der Waals surface area contributed by atoms with Crippen LogP contribution in [0, 0.1) is 5.92 Å². The quantitative estimate of drug-likeness (QED) is 0.220. The van der Waals surface area contributed by atoms with E-state index in [1.165, 1.54) is 19.2 Å². The SMILES string of the molecule is CC(C)C(NC(=O)C(Cc1ccccc1)NC(=O)CCc1cccc(Cl)c1)C(=O)C(F)(F)C(=O)NCCC(F)(F)F. The predicted octanol–water partition coefficient (Wildman–Crippen LogP) is 4.41. The van der Waals surface area contributed by atoms with Crippen LogP contribution in [0.15, 0.2) is 54.6 Å². The molecule has 0 aliphatic heterocycles. The molecule has 0 radical (unpaired) electrons. The standard InChI is InChI=1S/C28H31ClF5N3O4/c1-17(2)23(24(39)28(33,34)26(41)35-14-13-27(30,31)32)37-25(40)21(16-18-7-4-3-5-8-18)36-22(38)12-11-19-9-6-10-20(29)15-19/h3-10,15,17,21,23H,11-14,16H2,1-2H3,(H,35,41)(H,36,38)(H,37,40). The zero-order valence-electron chi connectivity index (χ0n) is 22.4. The van der Waals surface area contributed by atoms with Gasteiger partial charge in [-0.25, -0.2) is 0 Å². The van der Waals surface area contributed by atoms with Crippen LogP contribution in [0.3, 0.4) is 0 Å². The normalized spacial score (nSPS) is 13.3. The van der Waals surface area contributed by atoms with Crippen molar-refractivity contribution < 1.29 is 41.1 Å². The van der Waals surface area contributed by atoms with Crippen molar-refractivity contribution in [2.45, 2.75) is 63.7 Å². The second-order valence-corrected chi connectivity index (χ2v) is 10.2. The molecule has 0 fully saturated rings. The Balaban J connectivity index is 2.16. The molecular formula is C28H31ClF5N3O4. The molecule has 13 heteroatoms. The average molecular weight is 604 g/mol. The second kappa shape index (κ2) is 14.9. The fourth-order valence-electron chi connectivity index (χ4n) is 3.80. The van der Waals surface area contributed by atoms with Gasteiger partial charge in [0.1, 0.15) is 6.04 Å². The Labute approximate surface area is 239 Å². The number of benzene rings is 2. The molecule has 0 spiro atoms. The zero-order chi connectivity index (χ0) is 30.8. The molecule has 0 saturated carbocycles. The van der Waals surface area contributed by atoms with Gasteiger partial charge in [0.05, 0.1) is 12.5 Å². The van der Waals surface area contributed by atoms with Crippen LogP contribution in [0.5, 0.6) is 0 Å². The van der Waals surface area contributed by atoms with E-state index in [-0.39, 0.29) is 12.8 Å². The van der Waals surface area contributed by atoms with Crippen LogP contribution in [0.4, 0.5) is 22.0 Å². The lowest BCUT2D eigenvalue weighted by atomic mass is 9.94. The number of hydrogen-bond donors (Lipinski definition) is 3. The van der Waals surface area contributed by atoms with Gasteiger partial charge in [-0.15, -0.1) is 0 Å². The van der Waals surface area contributed by atoms with E-state index in [4.69, 9.17) is 11.6 Å². The highest BCUT2D eigenvalue weighted by molar-refractivity contribution is 6.30. The fourth-order valence-corrected chi connectivity index (χ4v) is 4.01. The molecule has 0 saturated heterocycles. The van der Waals surface area contributed by atoms with Crippen molar-refractivity contribution in [1.29, 1.82) is 0 Å². The monoisotopic (exact) mass is 603 g/mol. The number of rotatable bonds is 14. The summed E-state index contributed by atoms with van der Waals surface area (Å²) in [5.41, 5.74) is 1.41. The van der Waals surface area contributed by atoms with Crippen molar-refractivity contribution in [1.82, 2.24) is 16.0 Å². The number of alkyl halides is 5. The first-order chi connectivity index (χ1) is 19.1. The summed E-state index contributed by atoms with van der Waals surface area (Å²) in [6.07, 6.45) is -6.03. The van der Waals surface area contributed by atoms with Crippen LogP contribution in [0.1, 0.15) is 37.8 Å². The summed E-state index contributed by atoms with van der Waals surface area (Å²) in [5, 5.41) is 6.67. The number of hydrogen-bond acceptors (Lipinski definition) is 4. The third kappa shape index (κ3) is 11.1. The summed E-state index contributed by atoms with van der Waals surface area (Å²) in [6.45, 7) is 1.54. The summed E-state index contributed by atoms with van der Waals surface area (Å²) in [6, 6.07) is 12.2. The van der Waals surface area contributed by atoms with Gasteiger partial charge >= 0.3 is 12.1 Å². The highest BCUT2D eigenvalue weighted by atomic mass is 35.5. The third-order valence-electron chi connectivity index (χ3n) is 6.00. The van der Waals surface area contributed by atoms with Crippen molar-refractivity contribution >= 4 is 35.1 Å². The van der Waals surface area contributed by atoms with Crippen LogP contribution in [-0.2, 0) is 32.0 Å². The second-order valence-electron chi connectivity index (χ2n) is 9.73. The van der Waals surface area contributed by atoms with Crippen molar-refractivity contribution in [3.63, 3.8) is 0 Å². The summed E-state index contributed by atoms with van der Waals surface area (Å²) in [5.74, 6) is -11.3. The van der Waals surface area contributed by atoms with Crippen molar-refractivity contribution in [3.05, 3.63) is 70.7 Å². The van der Waals surface area contributed by atoms with Gasteiger partial charge in [-0.05, 0) is 35.6 Å². The Hall–Kier alpha value is -3.54. The van der Waals surface area contributed by atoms with Crippen molar-refractivity contribution in [2.24, 2.45) is 5.92 Å². The van der Waals surface area contributed by atoms with Gasteiger partial charge in [0.15, 0.2) is 0 Å². The molecule has 0 aliphatic carbocycles. The van der Waals surface area contributed by atoms with Gasteiger partial charge in [0.2, 0.25) is 17.6 Å². The number of carbonyl (C=O) groups excluding carboxylic acids is 4. The molecule has 2 unspecified atom stereocenters. The molecule has 0 heterocycles.